The molecule has 0 radical (unpaired) electrons. The second kappa shape index (κ2) is 9.15. The molecule has 166 valence electrons. The van der Waals surface area contributed by atoms with Gasteiger partial charge in [0.25, 0.3) is 11.6 Å². The number of amides is 1. The molecule has 1 aliphatic heterocycles. The number of carbonyl (C=O) groups excluding carboxylic acids is 1. The van der Waals surface area contributed by atoms with Gasteiger partial charge in [0, 0.05) is 30.9 Å². The molecule has 1 N–H and O–H groups in total. The summed E-state index contributed by atoms with van der Waals surface area (Å²) in [5, 5.41) is 22.0. The van der Waals surface area contributed by atoms with Crippen LogP contribution in [0.25, 0.3) is 5.69 Å². The third-order valence-electron chi connectivity index (χ3n) is 5.51. The van der Waals surface area contributed by atoms with E-state index in [0.29, 0.717) is 11.4 Å². The van der Waals surface area contributed by atoms with Gasteiger partial charge in [-0.15, -0.1) is 5.10 Å². The number of nitrogens with one attached hydrogen (secondary N) is 1. The molecule has 0 bridgehead atoms. The van der Waals surface area contributed by atoms with Crippen molar-refractivity contribution in [2.24, 2.45) is 0 Å². The van der Waals surface area contributed by atoms with Gasteiger partial charge in [-0.25, -0.2) is 4.68 Å². The minimum Gasteiger partial charge on any atom is -0.378 e. The van der Waals surface area contributed by atoms with E-state index in [4.69, 9.17) is 4.74 Å². The molecule has 2 aromatic carbocycles. The number of rotatable bonds is 6. The Balaban J connectivity index is 1.46. The maximum atomic E-state index is 12.8. The quantitative estimate of drug-likeness (QED) is 0.467. The molecule has 2 heterocycles. The van der Waals surface area contributed by atoms with Crippen LogP contribution in [0.1, 0.15) is 34.7 Å². The molecular formula is C22H24N6O4. The number of ether oxygens (including phenoxy) is 1. The van der Waals surface area contributed by atoms with Crippen molar-refractivity contribution in [1.82, 2.24) is 20.3 Å². The first-order valence-electron chi connectivity index (χ1n) is 10.3. The molecule has 1 amide bonds. The largest absolute Gasteiger partial charge is 0.378 e. The van der Waals surface area contributed by atoms with E-state index in [1.165, 1.54) is 16.8 Å². The predicted octanol–water partition coefficient (Wildman–Crippen LogP) is 2.81. The molecule has 1 aromatic heterocycles. The molecule has 3 aromatic rings. The summed E-state index contributed by atoms with van der Waals surface area (Å²) in [7, 11) is 0. The predicted molar refractivity (Wildman–Crippen MR) is 118 cm³/mol. The number of hydrogen-bond acceptors (Lipinski definition) is 7. The monoisotopic (exact) mass is 436 g/mol. The molecule has 0 aliphatic carbocycles. The highest BCUT2D eigenvalue weighted by Gasteiger charge is 2.21. The number of hydrogen-bond donors (Lipinski definition) is 1. The van der Waals surface area contributed by atoms with E-state index in [1.807, 2.05) is 31.2 Å². The Morgan fingerprint density at radius 1 is 1.16 bits per heavy atom. The van der Waals surface area contributed by atoms with Gasteiger partial charge in [-0.1, -0.05) is 23.4 Å². The lowest BCUT2D eigenvalue weighted by Crippen LogP contribution is -2.36. The maximum Gasteiger partial charge on any atom is 0.274 e. The molecule has 1 saturated heterocycles. The lowest BCUT2D eigenvalue weighted by atomic mass is 10.1. The van der Waals surface area contributed by atoms with Gasteiger partial charge in [0.2, 0.25) is 0 Å². The molecule has 0 saturated carbocycles. The SMILES string of the molecule is Cc1c(C(=O)NC(C)c2ccc(N3CCOCC3)cc2)nnn1-c1cccc([N+](=O)[O-])c1. The summed E-state index contributed by atoms with van der Waals surface area (Å²) >= 11 is 0. The van der Waals surface area contributed by atoms with Crippen LogP contribution in [0.4, 0.5) is 11.4 Å². The topological polar surface area (TPSA) is 115 Å². The van der Waals surface area contributed by atoms with Crippen molar-refractivity contribution in [2.45, 2.75) is 19.9 Å². The fraction of sp³-hybridized carbons (Fsp3) is 0.318. The Morgan fingerprint density at radius 2 is 1.88 bits per heavy atom. The number of carbonyl (C=O) groups is 1. The standard InChI is InChI=1S/C22H24N6O4/c1-15(17-6-8-18(9-7-17)26-10-12-32-13-11-26)23-22(29)21-16(2)27(25-24-21)19-4-3-5-20(14-19)28(30)31/h3-9,14-15H,10-13H2,1-2H3,(H,23,29). The van der Waals surface area contributed by atoms with E-state index < -0.39 is 4.92 Å². The normalized spacial score (nSPS) is 14.8. The number of aromatic nitrogens is 3. The average Bonchev–Trinajstić information content (AvgIpc) is 3.21. The zero-order chi connectivity index (χ0) is 22.7. The van der Waals surface area contributed by atoms with Crippen molar-refractivity contribution < 1.29 is 14.5 Å². The van der Waals surface area contributed by atoms with Crippen LogP contribution in [0, 0.1) is 17.0 Å². The fourth-order valence-corrected chi connectivity index (χ4v) is 3.67. The lowest BCUT2D eigenvalue weighted by Gasteiger charge is -2.29. The van der Waals surface area contributed by atoms with E-state index in [1.54, 1.807) is 19.1 Å². The zero-order valence-corrected chi connectivity index (χ0v) is 17.9. The van der Waals surface area contributed by atoms with E-state index in [2.05, 4.69) is 20.5 Å². The summed E-state index contributed by atoms with van der Waals surface area (Å²) in [5.74, 6) is -0.357. The smallest absolute Gasteiger partial charge is 0.274 e. The van der Waals surface area contributed by atoms with Gasteiger partial charge >= 0.3 is 0 Å². The summed E-state index contributed by atoms with van der Waals surface area (Å²) in [5.41, 5.74) is 3.18. The van der Waals surface area contributed by atoms with Crippen molar-refractivity contribution in [1.29, 1.82) is 0 Å². The number of nitro groups is 1. The van der Waals surface area contributed by atoms with Gasteiger partial charge in [-0.3, -0.25) is 14.9 Å². The number of nitro benzene ring substituents is 1. The number of anilines is 1. The summed E-state index contributed by atoms with van der Waals surface area (Å²) in [6, 6.07) is 13.9. The first-order chi connectivity index (χ1) is 15.4. The zero-order valence-electron chi connectivity index (χ0n) is 17.9. The second-order valence-electron chi connectivity index (χ2n) is 7.60. The Hall–Kier alpha value is -3.79. The molecule has 10 heteroatoms. The van der Waals surface area contributed by atoms with Crippen LogP contribution in [-0.4, -0.2) is 52.1 Å². The Bertz CT molecular complexity index is 1120. The Labute approximate surface area is 184 Å². The molecule has 4 rings (SSSR count). The van der Waals surface area contributed by atoms with Gasteiger partial charge in [0.1, 0.15) is 0 Å². The number of benzene rings is 2. The van der Waals surface area contributed by atoms with Crippen LogP contribution in [0.5, 0.6) is 0 Å². The molecule has 1 aliphatic rings. The van der Waals surface area contributed by atoms with Crippen LogP contribution >= 0.6 is 0 Å². The molecule has 1 unspecified atom stereocenters. The van der Waals surface area contributed by atoms with Crippen LogP contribution in [-0.2, 0) is 4.74 Å². The van der Waals surface area contributed by atoms with Crippen LogP contribution in [0.15, 0.2) is 48.5 Å². The van der Waals surface area contributed by atoms with Crippen molar-refractivity contribution in [2.75, 3.05) is 31.2 Å². The summed E-state index contributed by atoms with van der Waals surface area (Å²) in [6.45, 7) is 6.79. The van der Waals surface area contributed by atoms with E-state index in [-0.39, 0.29) is 23.3 Å². The lowest BCUT2D eigenvalue weighted by molar-refractivity contribution is -0.384. The van der Waals surface area contributed by atoms with E-state index in [0.717, 1.165) is 37.6 Å². The third-order valence-corrected chi connectivity index (χ3v) is 5.51. The molecule has 1 fully saturated rings. The average molecular weight is 436 g/mol. The van der Waals surface area contributed by atoms with Crippen molar-refractivity contribution >= 4 is 17.3 Å². The summed E-state index contributed by atoms with van der Waals surface area (Å²) in [6.07, 6.45) is 0. The number of nitrogens with zero attached hydrogens (tertiary/aromatic N) is 5. The maximum absolute atomic E-state index is 12.8. The highest BCUT2D eigenvalue weighted by molar-refractivity contribution is 5.93. The van der Waals surface area contributed by atoms with Gasteiger partial charge < -0.3 is 15.0 Å². The van der Waals surface area contributed by atoms with Gasteiger partial charge in [-0.05, 0) is 37.6 Å². The molecular weight excluding hydrogens is 412 g/mol. The highest BCUT2D eigenvalue weighted by Crippen LogP contribution is 2.22. The minimum absolute atomic E-state index is 0.0578. The fourth-order valence-electron chi connectivity index (χ4n) is 3.67. The Kier molecular flexibility index (Phi) is 6.13. The molecule has 1 atom stereocenters. The first kappa shape index (κ1) is 21.4. The number of morpholine rings is 1. The van der Waals surface area contributed by atoms with Crippen LogP contribution in [0.2, 0.25) is 0 Å². The van der Waals surface area contributed by atoms with Crippen LogP contribution in [0.3, 0.4) is 0 Å². The molecule has 32 heavy (non-hydrogen) atoms. The summed E-state index contributed by atoms with van der Waals surface area (Å²) < 4.78 is 6.81. The summed E-state index contributed by atoms with van der Waals surface area (Å²) in [4.78, 5) is 25.7. The van der Waals surface area contributed by atoms with E-state index >= 15 is 0 Å². The van der Waals surface area contributed by atoms with Gasteiger partial charge in [-0.2, -0.15) is 0 Å². The second-order valence-corrected chi connectivity index (χ2v) is 7.60. The van der Waals surface area contributed by atoms with Crippen molar-refractivity contribution in [3.8, 4) is 5.69 Å². The Morgan fingerprint density at radius 3 is 2.56 bits per heavy atom. The van der Waals surface area contributed by atoms with E-state index in [9.17, 15) is 14.9 Å². The van der Waals surface area contributed by atoms with Crippen molar-refractivity contribution in [3.63, 3.8) is 0 Å². The molecule has 0 spiro atoms. The highest BCUT2D eigenvalue weighted by atomic mass is 16.6. The van der Waals surface area contributed by atoms with Crippen LogP contribution < -0.4 is 10.2 Å². The minimum atomic E-state index is -0.477. The number of non-ortho nitro benzene ring substituents is 1. The first-order valence-corrected chi connectivity index (χ1v) is 10.3. The van der Waals surface area contributed by atoms with Gasteiger partial charge in [0.05, 0.1) is 35.6 Å². The third kappa shape index (κ3) is 4.45. The van der Waals surface area contributed by atoms with Gasteiger partial charge in [0.15, 0.2) is 5.69 Å². The molecule has 10 nitrogen and oxygen atoms in total. The van der Waals surface area contributed by atoms with Crippen molar-refractivity contribution in [3.05, 3.63) is 75.6 Å².